The third-order valence-corrected chi connectivity index (χ3v) is 6.50. The summed E-state index contributed by atoms with van der Waals surface area (Å²) in [5.74, 6) is 0.0826. The Bertz CT molecular complexity index is 1550. The molecule has 9 heteroatoms. The fourth-order valence-electron chi connectivity index (χ4n) is 3.96. The lowest BCUT2D eigenvalue weighted by Gasteiger charge is -2.24. The van der Waals surface area contributed by atoms with Crippen molar-refractivity contribution < 1.29 is 23.8 Å². The summed E-state index contributed by atoms with van der Waals surface area (Å²) in [5, 5.41) is 0. The average Bonchev–Trinajstić information content (AvgIpc) is 3.17. The number of allylic oxidation sites excluding steroid dienone is 1. The number of rotatable bonds is 8. The van der Waals surface area contributed by atoms with Gasteiger partial charge >= 0.3 is 11.9 Å². The Hall–Kier alpha value is -4.24. The van der Waals surface area contributed by atoms with Crippen LogP contribution in [0.15, 0.2) is 82.2 Å². The summed E-state index contributed by atoms with van der Waals surface area (Å²) in [5.41, 5.74) is 1.96. The highest BCUT2D eigenvalue weighted by molar-refractivity contribution is 7.07. The van der Waals surface area contributed by atoms with Crippen molar-refractivity contribution in [2.75, 3.05) is 13.2 Å². The summed E-state index contributed by atoms with van der Waals surface area (Å²) in [6, 6.07) is 13.3. The first-order chi connectivity index (χ1) is 17.8. The lowest BCUT2D eigenvalue weighted by Crippen LogP contribution is -2.39. The van der Waals surface area contributed by atoms with E-state index in [0.29, 0.717) is 38.7 Å². The molecule has 8 nitrogen and oxygen atoms in total. The average molecular weight is 519 g/mol. The summed E-state index contributed by atoms with van der Waals surface area (Å²) in [6.45, 7) is 9.00. The molecular weight excluding hydrogens is 492 g/mol. The standard InChI is InChI=1S/C28H26N2O6S/c1-5-15-35-21-11-7-19(8-12-21)16-23-26(32)30-25(20-9-13-22(14-10-20)36-18(4)31)24(27(33)34-6-2)17(3)29-28(30)37-23/h5,7-14,16,25H,1,6,15H2,2-4H3/b23-16-/t25-/m0/s1. The van der Waals surface area contributed by atoms with Crippen LogP contribution in [0.5, 0.6) is 11.5 Å². The van der Waals surface area contributed by atoms with Gasteiger partial charge in [0.1, 0.15) is 18.1 Å². The summed E-state index contributed by atoms with van der Waals surface area (Å²) < 4.78 is 18.0. The van der Waals surface area contributed by atoms with Crippen molar-refractivity contribution in [1.29, 1.82) is 0 Å². The molecule has 0 unspecified atom stereocenters. The molecule has 1 aromatic heterocycles. The van der Waals surface area contributed by atoms with Crippen LogP contribution in [0.25, 0.3) is 6.08 Å². The maximum absolute atomic E-state index is 13.7. The fraction of sp³-hybridized carbons (Fsp3) is 0.214. The fourth-order valence-corrected chi connectivity index (χ4v) is 5.00. The highest BCUT2D eigenvalue weighted by Crippen LogP contribution is 2.31. The summed E-state index contributed by atoms with van der Waals surface area (Å²) >= 11 is 1.24. The highest BCUT2D eigenvalue weighted by Gasteiger charge is 2.33. The molecule has 0 fully saturated rings. The van der Waals surface area contributed by atoms with E-state index in [4.69, 9.17) is 14.2 Å². The number of ether oxygens (including phenoxy) is 3. The van der Waals surface area contributed by atoms with Crippen molar-refractivity contribution in [2.45, 2.75) is 26.8 Å². The topological polar surface area (TPSA) is 96.2 Å². The van der Waals surface area contributed by atoms with Gasteiger partial charge in [0.05, 0.1) is 28.5 Å². The summed E-state index contributed by atoms with van der Waals surface area (Å²) in [6.07, 6.45) is 3.45. The molecule has 0 saturated heterocycles. The van der Waals surface area contributed by atoms with Crippen LogP contribution < -0.4 is 24.4 Å². The van der Waals surface area contributed by atoms with Crippen molar-refractivity contribution in [1.82, 2.24) is 4.57 Å². The maximum atomic E-state index is 13.7. The molecular formula is C28H26N2O6S. The van der Waals surface area contributed by atoms with Crippen molar-refractivity contribution in [3.05, 3.63) is 103 Å². The van der Waals surface area contributed by atoms with Gasteiger partial charge in [-0.1, -0.05) is 48.3 Å². The second-order valence-electron chi connectivity index (χ2n) is 8.13. The lowest BCUT2D eigenvalue weighted by atomic mass is 9.96. The van der Waals surface area contributed by atoms with Gasteiger partial charge in [-0.05, 0) is 55.3 Å². The number of thiazole rings is 1. The Morgan fingerprint density at radius 3 is 2.41 bits per heavy atom. The zero-order valence-electron chi connectivity index (χ0n) is 20.7. The van der Waals surface area contributed by atoms with Gasteiger partial charge in [0.2, 0.25) is 0 Å². The quantitative estimate of drug-likeness (QED) is 0.258. The molecule has 0 saturated carbocycles. The van der Waals surface area contributed by atoms with Crippen LogP contribution in [0.3, 0.4) is 0 Å². The number of fused-ring (bicyclic) bond motifs is 1. The molecule has 3 aromatic rings. The first-order valence-electron chi connectivity index (χ1n) is 11.6. The van der Waals surface area contributed by atoms with Crippen LogP contribution in [-0.4, -0.2) is 29.7 Å². The van der Waals surface area contributed by atoms with E-state index in [9.17, 15) is 14.4 Å². The van der Waals surface area contributed by atoms with E-state index in [1.54, 1.807) is 50.3 Å². The normalized spacial score (nSPS) is 15.0. The summed E-state index contributed by atoms with van der Waals surface area (Å²) in [4.78, 5) is 43.0. The van der Waals surface area contributed by atoms with Crippen LogP contribution in [0, 0.1) is 0 Å². The number of nitrogens with zero attached hydrogens (tertiary/aromatic N) is 2. The molecule has 0 radical (unpaired) electrons. The Labute approximate surface area is 217 Å². The molecule has 1 aliphatic rings. The Kier molecular flexibility index (Phi) is 7.83. The summed E-state index contributed by atoms with van der Waals surface area (Å²) in [7, 11) is 0. The van der Waals surface area contributed by atoms with Gasteiger partial charge in [0, 0.05) is 6.92 Å². The number of carbonyl (C=O) groups excluding carboxylic acids is 2. The van der Waals surface area contributed by atoms with E-state index in [-0.39, 0.29) is 17.7 Å². The van der Waals surface area contributed by atoms with Gasteiger partial charge in [-0.15, -0.1) is 0 Å². The van der Waals surface area contributed by atoms with Crippen LogP contribution in [-0.2, 0) is 14.3 Å². The van der Waals surface area contributed by atoms with Crippen molar-refractivity contribution in [2.24, 2.45) is 4.99 Å². The number of hydrogen-bond acceptors (Lipinski definition) is 8. The van der Waals surface area contributed by atoms with Gasteiger partial charge in [-0.3, -0.25) is 14.2 Å². The van der Waals surface area contributed by atoms with Crippen LogP contribution in [0.1, 0.15) is 37.9 Å². The monoisotopic (exact) mass is 518 g/mol. The smallest absolute Gasteiger partial charge is 0.338 e. The van der Waals surface area contributed by atoms with Gasteiger partial charge < -0.3 is 14.2 Å². The van der Waals surface area contributed by atoms with Crippen molar-refractivity contribution in [3.8, 4) is 11.5 Å². The number of aromatic nitrogens is 1. The number of benzene rings is 2. The van der Waals surface area contributed by atoms with Gasteiger partial charge in [0.25, 0.3) is 5.56 Å². The molecule has 1 atom stereocenters. The zero-order valence-corrected chi connectivity index (χ0v) is 21.5. The Morgan fingerprint density at radius 1 is 1.11 bits per heavy atom. The second-order valence-corrected chi connectivity index (χ2v) is 9.14. The molecule has 1 aliphatic heterocycles. The molecule has 37 heavy (non-hydrogen) atoms. The van der Waals surface area contributed by atoms with Crippen LogP contribution >= 0.6 is 11.3 Å². The Balaban J connectivity index is 1.82. The molecule has 190 valence electrons. The molecule has 0 N–H and O–H groups in total. The van der Waals surface area contributed by atoms with Gasteiger partial charge in [-0.25, -0.2) is 9.79 Å². The first kappa shape index (κ1) is 25.8. The molecule has 0 bridgehead atoms. The first-order valence-corrected chi connectivity index (χ1v) is 12.5. The van der Waals surface area contributed by atoms with Crippen molar-refractivity contribution >= 4 is 29.4 Å². The minimum Gasteiger partial charge on any atom is -0.490 e. The van der Waals surface area contributed by atoms with E-state index >= 15 is 0 Å². The lowest BCUT2D eigenvalue weighted by molar-refractivity contribution is -0.139. The molecule has 0 aliphatic carbocycles. The maximum Gasteiger partial charge on any atom is 0.338 e. The molecule has 4 rings (SSSR count). The van der Waals surface area contributed by atoms with Gasteiger partial charge in [-0.2, -0.15) is 0 Å². The second kappa shape index (κ2) is 11.2. The highest BCUT2D eigenvalue weighted by atomic mass is 32.1. The van der Waals surface area contributed by atoms with E-state index in [0.717, 1.165) is 5.56 Å². The van der Waals surface area contributed by atoms with E-state index in [1.165, 1.54) is 22.8 Å². The van der Waals surface area contributed by atoms with E-state index in [2.05, 4.69) is 11.6 Å². The number of hydrogen-bond donors (Lipinski definition) is 0. The molecule has 2 heterocycles. The third-order valence-electron chi connectivity index (χ3n) is 5.52. The Morgan fingerprint density at radius 2 is 1.78 bits per heavy atom. The largest absolute Gasteiger partial charge is 0.490 e. The molecule has 0 amide bonds. The van der Waals surface area contributed by atoms with Crippen LogP contribution in [0.2, 0.25) is 0 Å². The number of carbonyl (C=O) groups is 2. The van der Waals surface area contributed by atoms with Crippen LogP contribution in [0.4, 0.5) is 0 Å². The van der Waals surface area contributed by atoms with Crippen molar-refractivity contribution in [3.63, 3.8) is 0 Å². The predicted molar refractivity (Wildman–Crippen MR) is 140 cm³/mol. The van der Waals surface area contributed by atoms with E-state index in [1.807, 2.05) is 24.3 Å². The zero-order chi connectivity index (χ0) is 26.5. The SMILES string of the molecule is C=CCOc1ccc(/C=c2\sc3n(c2=O)[C@@H](c2ccc(OC(C)=O)cc2)C(C(=O)OCC)=C(C)N=3)cc1. The minimum absolute atomic E-state index is 0.185. The van der Waals surface area contributed by atoms with E-state index < -0.39 is 18.0 Å². The molecule has 2 aromatic carbocycles. The predicted octanol–water partition coefficient (Wildman–Crippen LogP) is 3.29. The van der Waals surface area contributed by atoms with Gasteiger partial charge in [0.15, 0.2) is 4.80 Å². The number of esters is 2. The third kappa shape index (κ3) is 5.62. The minimum atomic E-state index is -0.751. The molecule has 0 spiro atoms.